The molecule has 0 spiro atoms. The van der Waals surface area contributed by atoms with Gasteiger partial charge in [-0.05, 0) is 42.5 Å². The minimum atomic E-state index is -4.22. The molecule has 2 aliphatic rings. The van der Waals surface area contributed by atoms with Gasteiger partial charge in [-0.2, -0.15) is 18.4 Å². The highest BCUT2D eigenvalue weighted by Gasteiger charge is 2.33. The summed E-state index contributed by atoms with van der Waals surface area (Å²) in [4.78, 5) is 17.6. The first-order valence-electron chi connectivity index (χ1n) is 10.8. The Morgan fingerprint density at radius 3 is 2.73 bits per heavy atom. The van der Waals surface area contributed by atoms with Crippen molar-refractivity contribution in [2.24, 2.45) is 4.99 Å². The summed E-state index contributed by atoms with van der Waals surface area (Å²) in [6, 6.07) is 4.11. The Morgan fingerprint density at radius 1 is 1.21 bits per heavy atom. The number of rotatable bonds is 4. The number of nitrogens with zero attached hydrogens (tertiary/aromatic N) is 5. The van der Waals surface area contributed by atoms with Crippen LogP contribution in [0.25, 0.3) is 27.5 Å². The van der Waals surface area contributed by atoms with Crippen molar-refractivity contribution in [3.05, 3.63) is 35.8 Å². The second kappa shape index (κ2) is 8.48. The van der Waals surface area contributed by atoms with Gasteiger partial charge in [0.25, 0.3) is 0 Å². The van der Waals surface area contributed by atoms with Crippen LogP contribution in [0.15, 0.2) is 29.5 Å². The fourth-order valence-electron chi connectivity index (χ4n) is 4.44. The second-order valence-corrected chi connectivity index (χ2v) is 8.29. The van der Waals surface area contributed by atoms with E-state index < -0.39 is 12.7 Å². The third-order valence-corrected chi connectivity index (χ3v) is 6.03. The standard InChI is InChI=1S/C23H21F3N6O/c24-23(25,26)13-32-7-3-16(4-8-32)33-21-18(10-27)29-12-19-20(21)17-9-15(11-30-22(17)31-19)14-1-5-28-6-2-14/h1,5,9,11-12,16H,2-4,6-8,13H2,(H,30,31). The summed E-state index contributed by atoms with van der Waals surface area (Å²) >= 11 is 0. The van der Waals surface area contributed by atoms with Crippen molar-refractivity contribution in [1.82, 2.24) is 19.9 Å². The number of H-pyrrole nitrogens is 1. The zero-order valence-corrected chi connectivity index (χ0v) is 17.7. The third-order valence-electron chi connectivity index (χ3n) is 6.03. The zero-order valence-electron chi connectivity index (χ0n) is 17.7. The second-order valence-electron chi connectivity index (χ2n) is 8.29. The molecule has 3 aromatic heterocycles. The Labute approximate surface area is 187 Å². The molecule has 170 valence electrons. The molecule has 5 rings (SSSR count). The van der Waals surface area contributed by atoms with Gasteiger partial charge in [0, 0.05) is 37.4 Å². The highest BCUT2D eigenvalue weighted by molar-refractivity contribution is 6.10. The molecule has 7 nitrogen and oxygen atoms in total. The smallest absolute Gasteiger partial charge is 0.401 e. The van der Waals surface area contributed by atoms with Crippen molar-refractivity contribution in [2.75, 3.05) is 26.2 Å². The highest BCUT2D eigenvalue weighted by atomic mass is 19.4. The van der Waals surface area contributed by atoms with Crippen LogP contribution in [0.5, 0.6) is 5.75 Å². The first-order chi connectivity index (χ1) is 15.9. The van der Waals surface area contributed by atoms with E-state index >= 15 is 0 Å². The quantitative estimate of drug-likeness (QED) is 0.637. The summed E-state index contributed by atoms with van der Waals surface area (Å²) in [5.41, 5.74) is 3.59. The molecule has 1 N–H and O–H groups in total. The Morgan fingerprint density at radius 2 is 2.03 bits per heavy atom. The number of aliphatic imine (C=N–C) groups is 1. The van der Waals surface area contributed by atoms with Crippen LogP contribution in [0.1, 0.15) is 30.5 Å². The first-order valence-corrected chi connectivity index (χ1v) is 10.8. The lowest BCUT2D eigenvalue weighted by Gasteiger charge is -2.32. The molecule has 1 saturated heterocycles. The lowest BCUT2D eigenvalue weighted by molar-refractivity contribution is -0.149. The number of fused-ring (bicyclic) bond motifs is 3. The number of aromatic amines is 1. The number of likely N-dealkylation sites (tertiary alicyclic amines) is 1. The van der Waals surface area contributed by atoms with Crippen LogP contribution < -0.4 is 4.74 Å². The molecule has 10 heteroatoms. The average molecular weight is 454 g/mol. The summed E-state index contributed by atoms with van der Waals surface area (Å²) < 4.78 is 44.3. The number of pyridine rings is 2. The van der Waals surface area contributed by atoms with Crippen LogP contribution in [0.4, 0.5) is 13.2 Å². The van der Waals surface area contributed by atoms with Crippen molar-refractivity contribution in [3.8, 4) is 11.8 Å². The largest absolute Gasteiger partial charge is 0.487 e. The molecule has 0 bridgehead atoms. The number of nitriles is 1. The fraction of sp³-hybridized carbons (Fsp3) is 0.391. The molecular formula is C23H21F3N6O. The first kappa shape index (κ1) is 21.4. The van der Waals surface area contributed by atoms with E-state index in [1.807, 2.05) is 12.1 Å². The number of hydrogen-bond donors (Lipinski definition) is 1. The fourth-order valence-corrected chi connectivity index (χ4v) is 4.44. The monoisotopic (exact) mass is 454 g/mol. The Kier molecular flexibility index (Phi) is 5.50. The van der Waals surface area contributed by atoms with Crippen LogP contribution in [0, 0.1) is 11.3 Å². The maximum absolute atomic E-state index is 12.7. The number of hydrogen-bond acceptors (Lipinski definition) is 6. The molecule has 0 unspecified atom stereocenters. The van der Waals surface area contributed by atoms with Gasteiger partial charge >= 0.3 is 6.18 Å². The van der Waals surface area contributed by atoms with Gasteiger partial charge in [0.15, 0.2) is 11.4 Å². The van der Waals surface area contributed by atoms with E-state index in [1.54, 1.807) is 18.6 Å². The lowest BCUT2D eigenvalue weighted by Crippen LogP contribution is -2.42. The summed E-state index contributed by atoms with van der Waals surface area (Å²) in [5, 5.41) is 11.2. The van der Waals surface area contributed by atoms with E-state index in [9.17, 15) is 18.4 Å². The number of dihydropyridines is 1. The Balaban J connectivity index is 1.49. The van der Waals surface area contributed by atoms with Crippen molar-refractivity contribution in [2.45, 2.75) is 31.5 Å². The number of nitrogens with one attached hydrogen (secondary N) is 1. The van der Waals surface area contributed by atoms with Gasteiger partial charge in [0.2, 0.25) is 0 Å². The molecule has 0 atom stereocenters. The average Bonchev–Trinajstić information content (AvgIpc) is 3.18. The van der Waals surface area contributed by atoms with Crippen molar-refractivity contribution < 1.29 is 17.9 Å². The van der Waals surface area contributed by atoms with E-state index in [2.05, 4.69) is 26.0 Å². The molecule has 0 aliphatic carbocycles. The van der Waals surface area contributed by atoms with Crippen LogP contribution in [-0.2, 0) is 0 Å². The molecule has 1 fully saturated rings. The number of aromatic nitrogens is 3. The normalized spacial score (nSPS) is 17.9. The van der Waals surface area contributed by atoms with Crippen LogP contribution in [-0.4, -0.2) is 64.5 Å². The topological polar surface area (TPSA) is 90.2 Å². The molecule has 3 aromatic rings. The minimum absolute atomic E-state index is 0.149. The van der Waals surface area contributed by atoms with Crippen LogP contribution in [0.3, 0.4) is 0 Å². The number of allylic oxidation sites excluding steroid dienone is 1. The van der Waals surface area contributed by atoms with Crippen molar-refractivity contribution >= 4 is 33.7 Å². The SMILES string of the molecule is N#Cc1ncc2[nH]c3ncc(C4=CC=NCC4)cc3c2c1OC1CCN(CC(F)(F)F)CC1. The molecular weight excluding hydrogens is 433 g/mol. The van der Waals surface area contributed by atoms with Crippen LogP contribution >= 0.6 is 0 Å². The van der Waals surface area contributed by atoms with E-state index in [0.717, 1.165) is 29.5 Å². The lowest BCUT2D eigenvalue weighted by atomic mass is 10.0. The van der Waals surface area contributed by atoms with E-state index in [-0.39, 0.29) is 24.9 Å². The summed E-state index contributed by atoms with van der Waals surface area (Å²) in [5.74, 6) is 0.355. The van der Waals surface area contributed by atoms with E-state index in [0.29, 0.717) is 35.1 Å². The van der Waals surface area contributed by atoms with Gasteiger partial charge in [0.1, 0.15) is 17.8 Å². The molecule has 0 saturated carbocycles. The molecule has 0 aromatic carbocycles. The van der Waals surface area contributed by atoms with Gasteiger partial charge in [-0.15, -0.1) is 0 Å². The third kappa shape index (κ3) is 4.41. The highest BCUT2D eigenvalue weighted by Crippen LogP contribution is 2.37. The van der Waals surface area contributed by atoms with Gasteiger partial charge in [-0.1, -0.05) is 0 Å². The Bertz CT molecular complexity index is 1300. The van der Waals surface area contributed by atoms with E-state index in [4.69, 9.17) is 4.74 Å². The molecule has 2 aliphatic heterocycles. The number of halogens is 3. The van der Waals surface area contributed by atoms with Crippen LogP contribution in [0.2, 0.25) is 0 Å². The maximum Gasteiger partial charge on any atom is 0.401 e. The minimum Gasteiger partial charge on any atom is -0.487 e. The summed E-state index contributed by atoms with van der Waals surface area (Å²) in [6.07, 6.45) is 4.32. The maximum atomic E-state index is 12.7. The van der Waals surface area contributed by atoms with Gasteiger partial charge in [-0.3, -0.25) is 9.89 Å². The predicted molar refractivity (Wildman–Crippen MR) is 118 cm³/mol. The molecule has 33 heavy (non-hydrogen) atoms. The predicted octanol–water partition coefficient (Wildman–Crippen LogP) is 4.25. The van der Waals surface area contributed by atoms with Gasteiger partial charge in [-0.25, -0.2) is 9.97 Å². The van der Waals surface area contributed by atoms with Crippen molar-refractivity contribution in [1.29, 1.82) is 5.26 Å². The Hall–Kier alpha value is -3.45. The zero-order chi connectivity index (χ0) is 23.0. The summed E-state index contributed by atoms with van der Waals surface area (Å²) in [6.45, 7) is 0.370. The van der Waals surface area contributed by atoms with Gasteiger partial charge in [0.05, 0.1) is 23.6 Å². The molecule has 5 heterocycles. The molecule has 0 radical (unpaired) electrons. The van der Waals surface area contributed by atoms with E-state index in [1.165, 1.54) is 4.90 Å². The number of ether oxygens (including phenoxy) is 1. The summed E-state index contributed by atoms with van der Waals surface area (Å²) in [7, 11) is 0. The van der Waals surface area contributed by atoms with Crippen molar-refractivity contribution in [3.63, 3.8) is 0 Å². The molecule has 0 amide bonds. The van der Waals surface area contributed by atoms with Gasteiger partial charge < -0.3 is 9.72 Å². The number of alkyl halides is 3. The number of piperidine rings is 1.